The third-order valence-corrected chi connectivity index (χ3v) is 6.55. The molecule has 0 aliphatic heterocycles. The fourth-order valence-electron chi connectivity index (χ4n) is 4.25. The SMILES string of the molecule is CCCCCCCCCCCCNCCCCCCCCCCCC.N.N.O=C(O)c1ccccc1O. The molecule has 9 N–H and O–H groups in total. The highest BCUT2D eigenvalue weighted by molar-refractivity contribution is 5.90. The van der Waals surface area contributed by atoms with Crippen LogP contribution in [0.1, 0.15) is 153 Å². The Morgan fingerprint density at radius 2 is 0.919 bits per heavy atom. The van der Waals surface area contributed by atoms with Gasteiger partial charge in [0.15, 0.2) is 0 Å². The molecule has 0 fully saturated rings. The van der Waals surface area contributed by atoms with Gasteiger partial charge in [0.1, 0.15) is 11.3 Å². The summed E-state index contributed by atoms with van der Waals surface area (Å²) in [6.45, 7) is 7.08. The molecule has 0 aliphatic carbocycles. The molecule has 0 unspecified atom stereocenters. The molecule has 0 saturated carbocycles. The molecule has 0 radical (unpaired) electrons. The lowest BCUT2D eigenvalue weighted by Crippen LogP contribution is -2.16. The summed E-state index contributed by atoms with van der Waals surface area (Å²) >= 11 is 0. The van der Waals surface area contributed by atoms with Crippen molar-refractivity contribution in [2.45, 2.75) is 142 Å². The molecule has 0 amide bonds. The number of nitrogens with one attached hydrogen (secondary N) is 1. The van der Waals surface area contributed by atoms with Crippen molar-refractivity contribution in [2.24, 2.45) is 0 Å². The molecular weight excluding hydrogens is 462 g/mol. The minimum atomic E-state index is -1.11. The van der Waals surface area contributed by atoms with Crippen LogP contribution in [0.25, 0.3) is 0 Å². The van der Waals surface area contributed by atoms with E-state index in [0.29, 0.717) is 0 Å². The van der Waals surface area contributed by atoms with Gasteiger partial charge in [0, 0.05) is 0 Å². The van der Waals surface area contributed by atoms with E-state index in [1.54, 1.807) is 12.1 Å². The second-order valence-corrected chi connectivity index (χ2v) is 9.94. The molecule has 0 heterocycles. The molecule has 0 spiro atoms. The third-order valence-electron chi connectivity index (χ3n) is 6.55. The van der Waals surface area contributed by atoms with Gasteiger partial charge in [-0.15, -0.1) is 0 Å². The molecule has 6 heteroatoms. The standard InChI is InChI=1S/C24H51N.C7H6O3.2H3N/c1-3-5-7-9-11-13-15-17-19-21-23-25-24-22-20-18-16-14-12-10-8-6-4-2;8-6-4-2-1-3-5(6)7(9)10;;/h25H,3-24H2,1-2H3;1-4,8H,(H,9,10);2*1H3. The topological polar surface area (TPSA) is 140 Å². The fraction of sp³-hybridized carbons (Fsp3) is 0.774. The lowest BCUT2D eigenvalue weighted by Gasteiger charge is -2.05. The van der Waals surface area contributed by atoms with Crippen LogP contribution in [-0.4, -0.2) is 29.3 Å². The minimum Gasteiger partial charge on any atom is -0.507 e. The number of para-hydroxylation sites is 1. The van der Waals surface area contributed by atoms with Crippen LogP contribution in [0.2, 0.25) is 0 Å². The highest BCUT2D eigenvalue weighted by Crippen LogP contribution is 2.14. The molecule has 1 rings (SSSR count). The van der Waals surface area contributed by atoms with E-state index in [9.17, 15) is 4.79 Å². The number of aromatic carboxylic acids is 1. The van der Waals surface area contributed by atoms with Crippen LogP contribution in [0.15, 0.2) is 24.3 Å². The van der Waals surface area contributed by atoms with Gasteiger partial charge in [0.2, 0.25) is 0 Å². The van der Waals surface area contributed by atoms with Crippen molar-refractivity contribution < 1.29 is 15.0 Å². The number of unbranched alkanes of at least 4 members (excludes halogenated alkanes) is 18. The molecule has 1 aromatic carbocycles. The van der Waals surface area contributed by atoms with E-state index < -0.39 is 5.97 Å². The lowest BCUT2D eigenvalue weighted by molar-refractivity contribution is 0.0693. The normalized spacial score (nSPS) is 10.1. The molecule has 0 saturated heterocycles. The van der Waals surface area contributed by atoms with Gasteiger partial charge >= 0.3 is 5.97 Å². The summed E-state index contributed by atoms with van der Waals surface area (Å²) in [5.74, 6) is -1.31. The molecule has 1 aromatic rings. The van der Waals surface area contributed by atoms with Crippen LogP contribution >= 0.6 is 0 Å². The van der Waals surface area contributed by atoms with Gasteiger partial charge < -0.3 is 27.8 Å². The van der Waals surface area contributed by atoms with Crippen LogP contribution < -0.4 is 17.6 Å². The van der Waals surface area contributed by atoms with Gasteiger partial charge in [-0.1, -0.05) is 142 Å². The summed E-state index contributed by atoms with van der Waals surface area (Å²) in [6, 6.07) is 5.81. The van der Waals surface area contributed by atoms with Crippen LogP contribution in [0.3, 0.4) is 0 Å². The lowest BCUT2D eigenvalue weighted by atomic mass is 10.1. The molecule has 0 bridgehead atoms. The largest absolute Gasteiger partial charge is 0.507 e. The Morgan fingerprint density at radius 1 is 0.595 bits per heavy atom. The minimum absolute atomic E-state index is 0. The second kappa shape index (κ2) is 32.4. The smallest absolute Gasteiger partial charge is 0.339 e. The predicted molar refractivity (Wildman–Crippen MR) is 162 cm³/mol. The van der Waals surface area contributed by atoms with Crippen molar-refractivity contribution in [3.8, 4) is 5.75 Å². The predicted octanol–water partition coefficient (Wildman–Crippen LogP) is 9.83. The number of carboxylic acid groups (broad SMARTS) is 1. The second-order valence-electron chi connectivity index (χ2n) is 9.94. The molecule has 0 aromatic heterocycles. The van der Waals surface area contributed by atoms with Crippen molar-refractivity contribution >= 4 is 5.97 Å². The number of benzene rings is 1. The Labute approximate surface area is 229 Å². The molecule has 37 heavy (non-hydrogen) atoms. The van der Waals surface area contributed by atoms with Gasteiger partial charge in [-0.2, -0.15) is 0 Å². The summed E-state index contributed by atoms with van der Waals surface area (Å²) in [4.78, 5) is 10.3. The van der Waals surface area contributed by atoms with Crippen LogP contribution in [0.4, 0.5) is 0 Å². The van der Waals surface area contributed by atoms with E-state index in [-0.39, 0.29) is 23.6 Å². The van der Waals surface area contributed by atoms with Gasteiger partial charge in [0.05, 0.1) is 0 Å². The van der Waals surface area contributed by atoms with Crippen molar-refractivity contribution in [3.05, 3.63) is 29.8 Å². The maximum absolute atomic E-state index is 10.3. The Bertz CT molecular complexity index is 563. The van der Waals surface area contributed by atoms with Gasteiger partial charge in [-0.05, 0) is 38.1 Å². The Kier molecular flexibility index (Phi) is 34.9. The quantitative estimate of drug-likeness (QED) is 0.0900. The summed E-state index contributed by atoms with van der Waals surface area (Å²) in [7, 11) is 0. The number of hydrogen-bond donors (Lipinski definition) is 5. The molecule has 0 aliphatic rings. The average molecular weight is 526 g/mol. The number of rotatable bonds is 23. The third kappa shape index (κ3) is 28.8. The van der Waals surface area contributed by atoms with E-state index in [2.05, 4.69) is 19.2 Å². The average Bonchev–Trinajstić information content (AvgIpc) is 2.85. The molecular formula is C31H63N3O3. The monoisotopic (exact) mass is 525 g/mol. The van der Waals surface area contributed by atoms with Crippen molar-refractivity contribution in [2.75, 3.05) is 13.1 Å². The maximum Gasteiger partial charge on any atom is 0.339 e. The highest BCUT2D eigenvalue weighted by Gasteiger charge is 2.05. The number of carbonyl (C=O) groups is 1. The van der Waals surface area contributed by atoms with Gasteiger partial charge in [-0.3, -0.25) is 0 Å². The first-order valence-electron chi connectivity index (χ1n) is 14.9. The first-order valence-corrected chi connectivity index (χ1v) is 14.9. The summed E-state index contributed by atoms with van der Waals surface area (Å²) in [5, 5.41) is 20.9. The molecule has 220 valence electrons. The van der Waals surface area contributed by atoms with Crippen molar-refractivity contribution in [3.63, 3.8) is 0 Å². The summed E-state index contributed by atoms with van der Waals surface area (Å²) < 4.78 is 0. The zero-order valence-corrected chi connectivity index (χ0v) is 24.6. The summed E-state index contributed by atoms with van der Waals surface area (Å²) in [5.41, 5.74) is -0.0671. The number of aromatic hydroxyl groups is 1. The maximum atomic E-state index is 10.3. The van der Waals surface area contributed by atoms with E-state index in [0.717, 1.165) is 0 Å². The summed E-state index contributed by atoms with van der Waals surface area (Å²) in [6.07, 6.45) is 28.8. The molecule has 6 nitrogen and oxygen atoms in total. The van der Waals surface area contributed by atoms with Gasteiger partial charge in [-0.25, -0.2) is 4.79 Å². The number of hydrogen-bond acceptors (Lipinski definition) is 5. The molecule has 0 atom stereocenters. The van der Waals surface area contributed by atoms with E-state index in [4.69, 9.17) is 10.2 Å². The van der Waals surface area contributed by atoms with Crippen LogP contribution in [-0.2, 0) is 0 Å². The van der Waals surface area contributed by atoms with E-state index in [1.807, 2.05) is 0 Å². The highest BCUT2D eigenvalue weighted by atomic mass is 16.4. The Morgan fingerprint density at radius 3 is 1.22 bits per heavy atom. The van der Waals surface area contributed by atoms with Crippen LogP contribution in [0.5, 0.6) is 5.75 Å². The van der Waals surface area contributed by atoms with Crippen molar-refractivity contribution in [1.29, 1.82) is 0 Å². The van der Waals surface area contributed by atoms with Crippen molar-refractivity contribution in [1.82, 2.24) is 17.6 Å². The Balaban J connectivity index is -0.000000806. The zero-order valence-electron chi connectivity index (χ0n) is 24.6. The number of carboxylic acids is 1. The van der Waals surface area contributed by atoms with E-state index >= 15 is 0 Å². The van der Waals surface area contributed by atoms with Crippen LogP contribution in [0, 0.1) is 0 Å². The fourth-order valence-corrected chi connectivity index (χ4v) is 4.25. The first-order chi connectivity index (χ1) is 17.1. The Hall–Kier alpha value is -1.63. The zero-order chi connectivity index (χ0) is 25.8. The van der Waals surface area contributed by atoms with Gasteiger partial charge in [0.25, 0.3) is 0 Å². The first kappa shape index (κ1) is 39.9. The van der Waals surface area contributed by atoms with E-state index in [1.165, 1.54) is 154 Å². The number of phenols is 1.